The third kappa shape index (κ3) is 2.71. The topological polar surface area (TPSA) is 26.3 Å². The molecule has 0 bridgehead atoms. The van der Waals surface area contributed by atoms with Crippen LogP contribution in [-0.4, -0.2) is 12.9 Å². The molecule has 1 aromatic rings. The van der Waals surface area contributed by atoms with Crippen LogP contribution in [0.1, 0.15) is 43.0 Å². The van der Waals surface area contributed by atoms with Crippen LogP contribution < -0.4 is 4.74 Å². The van der Waals surface area contributed by atoms with E-state index in [0.717, 1.165) is 19.3 Å². The molecule has 1 saturated carbocycles. The first-order valence-electron chi connectivity index (χ1n) is 6.49. The molecule has 0 saturated heterocycles. The summed E-state index contributed by atoms with van der Waals surface area (Å²) in [6.07, 6.45) is 4.14. The van der Waals surface area contributed by atoms with E-state index in [9.17, 15) is 9.18 Å². The maximum absolute atomic E-state index is 13.6. The van der Waals surface area contributed by atoms with E-state index in [1.54, 1.807) is 6.07 Å². The van der Waals surface area contributed by atoms with E-state index in [1.165, 1.54) is 25.7 Å². The summed E-state index contributed by atoms with van der Waals surface area (Å²) < 4.78 is 18.4. The molecule has 18 heavy (non-hydrogen) atoms. The number of carbonyl (C=O) groups is 1. The summed E-state index contributed by atoms with van der Waals surface area (Å²) in [4.78, 5) is 12.3. The zero-order chi connectivity index (χ0) is 13.1. The molecular formula is C15H19FO2. The Balaban J connectivity index is 2.15. The van der Waals surface area contributed by atoms with Gasteiger partial charge in [0.1, 0.15) is 0 Å². The maximum atomic E-state index is 13.6. The number of Topliss-reactive ketones (excluding diaryl/α,β-unsaturated/α-hetero) is 1. The van der Waals surface area contributed by atoms with Crippen molar-refractivity contribution in [1.29, 1.82) is 0 Å². The van der Waals surface area contributed by atoms with Crippen molar-refractivity contribution >= 4 is 5.78 Å². The van der Waals surface area contributed by atoms with Gasteiger partial charge in [-0.3, -0.25) is 4.79 Å². The van der Waals surface area contributed by atoms with Gasteiger partial charge in [-0.15, -0.1) is 0 Å². The minimum atomic E-state index is -0.466. The van der Waals surface area contributed by atoms with Gasteiger partial charge < -0.3 is 4.74 Å². The van der Waals surface area contributed by atoms with Crippen molar-refractivity contribution in [2.24, 2.45) is 11.8 Å². The molecule has 3 heteroatoms. The van der Waals surface area contributed by atoms with Crippen LogP contribution in [0, 0.1) is 17.7 Å². The molecule has 2 atom stereocenters. The van der Waals surface area contributed by atoms with Crippen molar-refractivity contribution in [2.45, 2.75) is 32.6 Å². The van der Waals surface area contributed by atoms with E-state index in [1.807, 2.05) is 0 Å². The van der Waals surface area contributed by atoms with Crippen LogP contribution in [0.5, 0.6) is 5.75 Å². The van der Waals surface area contributed by atoms with Crippen LogP contribution in [-0.2, 0) is 0 Å². The lowest BCUT2D eigenvalue weighted by Crippen LogP contribution is -2.22. The van der Waals surface area contributed by atoms with E-state index in [2.05, 4.69) is 6.92 Å². The monoisotopic (exact) mass is 250 g/mol. The van der Waals surface area contributed by atoms with Gasteiger partial charge in [-0.25, -0.2) is 4.39 Å². The highest BCUT2D eigenvalue weighted by Gasteiger charge is 2.26. The summed E-state index contributed by atoms with van der Waals surface area (Å²) in [6.45, 7) is 2.17. The Morgan fingerprint density at radius 3 is 2.78 bits per heavy atom. The van der Waals surface area contributed by atoms with Gasteiger partial charge in [-0.1, -0.05) is 19.8 Å². The molecule has 1 aliphatic rings. The van der Waals surface area contributed by atoms with Crippen LogP contribution in [0.25, 0.3) is 0 Å². The largest absolute Gasteiger partial charge is 0.494 e. The lowest BCUT2D eigenvalue weighted by Gasteiger charge is -2.25. The fraction of sp³-hybridized carbons (Fsp3) is 0.533. The summed E-state index contributed by atoms with van der Waals surface area (Å²) >= 11 is 0. The Morgan fingerprint density at radius 2 is 2.17 bits per heavy atom. The van der Waals surface area contributed by atoms with Gasteiger partial charge in [0, 0.05) is 11.5 Å². The third-order valence-corrected chi connectivity index (χ3v) is 3.74. The first-order valence-corrected chi connectivity index (χ1v) is 6.49. The Kier molecular flexibility index (Phi) is 4.00. The number of ether oxygens (including phenoxy) is 1. The summed E-state index contributed by atoms with van der Waals surface area (Å²) in [7, 11) is 1.42. The van der Waals surface area contributed by atoms with Crippen LogP contribution in [0.2, 0.25) is 0 Å². The lowest BCUT2D eigenvalue weighted by atomic mass is 9.79. The second-order valence-corrected chi connectivity index (χ2v) is 5.18. The van der Waals surface area contributed by atoms with Gasteiger partial charge in [0.15, 0.2) is 17.3 Å². The first kappa shape index (κ1) is 13.1. The highest BCUT2D eigenvalue weighted by molar-refractivity contribution is 5.98. The zero-order valence-electron chi connectivity index (χ0n) is 10.9. The SMILES string of the molecule is COc1ccc(C(=O)C2CCCC(C)C2)cc1F. The van der Waals surface area contributed by atoms with Gasteiger partial charge in [0.2, 0.25) is 0 Å². The predicted octanol–water partition coefficient (Wildman–Crippen LogP) is 3.84. The van der Waals surface area contributed by atoms with Gasteiger partial charge in [-0.05, 0) is 37.0 Å². The molecule has 0 aromatic heterocycles. The van der Waals surface area contributed by atoms with E-state index in [0.29, 0.717) is 11.5 Å². The Labute approximate surface area is 107 Å². The van der Waals surface area contributed by atoms with Crippen molar-refractivity contribution < 1.29 is 13.9 Å². The van der Waals surface area contributed by atoms with E-state index >= 15 is 0 Å². The number of hydrogen-bond acceptors (Lipinski definition) is 2. The summed E-state index contributed by atoms with van der Waals surface area (Å²) in [6, 6.07) is 4.47. The van der Waals surface area contributed by atoms with Crippen LogP contribution in [0.3, 0.4) is 0 Å². The summed E-state index contributed by atoms with van der Waals surface area (Å²) in [5.74, 6) is 0.441. The van der Waals surface area contributed by atoms with Crippen molar-refractivity contribution in [1.82, 2.24) is 0 Å². The highest BCUT2D eigenvalue weighted by atomic mass is 19.1. The normalized spacial score (nSPS) is 23.7. The summed E-state index contributed by atoms with van der Waals surface area (Å²) in [5.41, 5.74) is 0.465. The maximum Gasteiger partial charge on any atom is 0.166 e. The van der Waals surface area contributed by atoms with Gasteiger partial charge >= 0.3 is 0 Å². The molecule has 2 unspecified atom stereocenters. The molecule has 0 spiro atoms. The quantitative estimate of drug-likeness (QED) is 0.762. The Bertz CT molecular complexity index is 442. The van der Waals surface area contributed by atoms with Crippen molar-refractivity contribution in [3.8, 4) is 5.75 Å². The molecule has 1 aromatic carbocycles. The zero-order valence-corrected chi connectivity index (χ0v) is 10.9. The molecule has 1 fully saturated rings. The number of rotatable bonds is 3. The molecule has 0 heterocycles. The average molecular weight is 250 g/mol. The van der Waals surface area contributed by atoms with Gasteiger partial charge in [-0.2, -0.15) is 0 Å². The molecule has 2 nitrogen and oxygen atoms in total. The van der Waals surface area contributed by atoms with Gasteiger partial charge in [0.25, 0.3) is 0 Å². The van der Waals surface area contributed by atoms with E-state index in [-0.39, 0.29) is 17.5 Å². The summed E-state index contributed by atoms with van der Waals surface area (Å²) in [5, 5.41) is 0. The standard InChI is InChI=1S/C15H19FO2/c1-10-4-3-5-11(8-10)15(17)12-6-7-14(18-2)13(16)9-12/h6-7,9-11H,3-5,8H2,1-2H3. The van der Waals surface area contributed by atoms with Crippen molar-refractivity contribution in [3.05, 3.63) is 29.6 Å². The molecule has 0 N–H and O–H groups in total. The van der Waals surface area contributed by atoms with E-state index < -0.39 is 5.82 Å². The third-order valence-electron chi connectivity index (χ3n) is 3.74. The molecule has 0 radical (unpaired) electrons. The smallest absolute Gasteiger partial charge is 0.166 e. The number of hydrogen-bond donors (Lipinski definition) is 0. The van der Waals surface area contributed by atoms with Crippen LogP contribution >= 0.6 is 0 Å². The van der Waals surface area contributed by atoms with Crippen LogP contribution in [0.4, 0.5) is 4.39 Å². The number of benzene rings is 1. The fourth-order valence-corrected chi connectivity index (χ4v) is 2.73. The minimum Gasteiger partial charge on any atom is -0.494 e. The molecule has 2 rings (SSSR count). The number of ketones is 1. The average Bonchev–Trinajstić information content (AvgIpc) is 2.37. The van der Waals surface area contributed by atoms with Crippen LogP contribution in [0.15, 0.2) is 18.2 Å². The Hall–Kier alpha value is -1.38. The van der Waals surface area contributed by atoms with E-state index in [4.69, 9.17) is 4.74 Å². The second-order valence-electron chi connectivity index (χ2n) is 5.18. The molecule has 0 aliphatic heterocycles. The van der Waals surface area contributed by atoms with Gasteiger partial charge in [0.05, 0.1) is 7.11 Å². The number of halogens is 1. The highest BCUT2D eigenvalue weighted by Crippen LogP contribution is 2.31. The number of carbonyl (C=O) groups excluding carboxylic acids is 1. The minimum absolute atomic E-state index is 0.0570. The first-order chi connectivity index (χ1) is 8.61. The fourth-order valence-electron chi connectivity index (χ4n) is 2.73. The molecule has 0 amide bonds. The lowest BCUT2D eigenvalue weighted by molar-refractivity contribution is 0.0868. The second kappa shape index (κ2) is 5.51. The molecule has 98 valence electrons. The Morgan fingerprint density at radius 1 is 1.39 bits per heavy atom. The predicted molar refractivity (Wildman–Crippen MR) is 68.4 cm³/mol. The number of methoxy groups -OCH3 is 1. The van der Waals surface area contributed by atoms with Crippen molar-refractivity contribution in [3.63, 3.8) is 0 Å². The molecular weight excluding hydrogens is 231 g/mol. The molecule has 1 aliphatic carbocycles. The van der Waals surface area contributed by atoms with Crippen molar-refractivity contribution in [2.75, 3.05) is 7.11 Å².